The van der Waals surface area contributed by atoms with Crippen LogP contribution < -0.4 is 5.32 Å². The fraction of sp³-hybridized carbons (Fsp3) is 0.923. The second-order valence-electron chi connectivity index (χ2n) is 5.76. The summed E-state index contributed by atoms with van der Waals surface area (Å²) in [5, 5.41) is 12.4. The largest absolute Gasteiger partial charge is 0.460 e. The second kappa shape index (κ2) is 6.36. The minimum absolute atomic E-state index is 0.0421. The molecule has 1 aliphatic heterocycles. The molecule has 0 aromatic carbocycles. The van der Waals surface area contributed by atoms with E-state index in [2.05, 4.69) is 5.32 Å². The van der Waals surface area contributed by atoms with E-state index in [9.17, 15) is 4.79 Å². The van der Waals surface area contributed by atoms with Crippen LogP contribution in [-0.2, 0) is 9.53 Å². The fourth-order valence-electron chi connectivity index (χ4n) is 2.28. The molecular weight excluding hydrogens is 218 g/mol. The molecule has 4 nitrogen and oxygen atoms in total. The van der Waals surface area contributed by atoms with Gasteiger partial charge in [0.15, 0.2) is 0 Å². The number of hydrogen-bond acceptors (Lipinski definition) is 4. The topological polar surface area (TPSA) is 58.6 Å². The smallest absolute Gasteiger partial charge is 0.309 e. The number of nitrogens with one attached hydrogen (secondary N) is 1. The van der Waals surface area contributed by atoms with Crippen LogP contribution in [0.4, 0.5) is 0 Å². The predicted molar refractivity (Wildman–Crippen MR) is 66.6 cm³/mol. The third-order valence-corrected chi connectivity index (χ3v) is 3.05. The summed E-state index contributed by atoms with van der Waals surface area (Å²) in [4.78, 5) is 12.1. The molecular formula is C13H25NO3. The molecule has 0 aliphatic carbocycles. The molecule has 2 atom stereocenters. The predicted octanol–water partition coefficient (Wildman–Crippen LogP) is 1.33. The van der Waals surface area contributed by atoms with Gasteiger partial charge in [-0.05, 0) is 59.0 Å². The zero-order valence-electron chi connectivity index (χ0n) is 11.2. The van der Waals surface area contributed by atoms with E-state index in [-0.39, 0.29) is 18.5 Å². The quantitative estimate of drug-likeness (QED) is 0.731. The number of piperidine rings is 1. The molecule has 0 amide bonds. The summed E-state index contributed by atoms with van der Waals surface area (Å²) in [6.07, 6.45) is 2.63. The van der Waals surface area contributed by atoms with E-state index < -0.39 is 5.60 Å². The van der Waals surface area contributed by atoms with Gasteiger partial charge in [-0.2, -0.15) is 0 Å². The lowest BCUT2D eigenvalue weighted by Gasteiger charge is -2.31. The molecule has 0 aromatic heterocycles. The minimum Gasteiger partial charge on any atom is -0.460 e. The Bertz CT molecular complexity index is 242. The fourth-order valence-corrected chi connectivity index (χ4v) is 2.28. The molecule has 0 spiro atoms. The van der Waals surface area contributed by atoms with Gasteiger partial charge in [0.25, 0.3) is 0 Å². The number of ether oxygens (including phenoxy) is 1. The van der Waals surface area contributed by atoms with Crippen LogP contribution in [0.1, 0.15) is 40.0 Å². The zero-order valence-corrected chi connectivity index (χ0v) is 11.2. The van der Waals surface area contributed by atoms with Crippen molar-refractivity contribution in [3.63, 3.8) is 0 Å². The molecule has 1 rings (SSSR count). The van der Waals surface area contributed by atoms with Crippen LogP contribution >= 0.6 is 0 Å². The van der Waals surface area contributed by atoms with Crippen LogP contribution in [-0.4, -0.2) is 36.4 Å². The number of aliphatic hydroxyl groups excluding tert-OH is 1. The van der Waals surface area contributed by atoms with E-state index in [4.69, 9.17) is 9.84 Å². The molecule has 1 saturated heterocycles. The van der Waals surface area contributed by atoms with Gasteiger partial charge in [-0.1, -0.05) is 0 Å². The lowest BCUT2D eigenvalue weighted by Crippen LogP contribution is -2.40. The molecule has 100 valence electrons. The SMILES string of the molecule is CC(C)(C)OC(=O)C(CCO)C1CCCNC1. The van der Waals surface area contributed by atoms with Crippen LogP contribution in [0.2, 0.25) is 0 Å². The lowest BCUT2D eigenvalue weighted by molar-refractivity contribution is -0.163. The molecule has 1 aliphatic rings. The normalized spacial score (nSPS) is 23.2. The third kappa shape index (κ3) is 5.04. The van der Waals surface area contributed by atoms with E-state index in [1.54, 1.807) is 0 Å². The van der Waals surface area contributed by atoms with Crippen molar-refractivity contribution in [3.05, 3.63) is 0 Å². The summed E-state index contributed by atoms with van der Waals surface area (Å²) < 4.78 is 5.43. The Morgan fingerprint density at radius 3 is 2.71 bits per heavy atom. The van der Waals surface area contributed by atoms with Crippen molar-refractivity contribution in [1.29, 1.82) is 0 Å². The first kappa shape index (κ1) is 14.5. The van der Waals surface area contributed by atoms with Crippen molar-refractivity contribution in [2.24, 2.45) is 11.8 Å². The van der Waals surface area contributed by atoms with Gasteiger partial charge in [-0.3, -0.25) is 4.79 Å². The van der Waals surface area contributed by atoms with E-state index in [0.29, 0.717) is 12.3 Å². The average molecular weight is 243 g/mol. The summed E-state index contributed by atoms with van der Waals surface area (Å²) in [5.41, 5.74) is -0.452. The number of rotatable bonds is 4. The van der Waals surface area contributed by atoms with Crippen LogP contribution in [0.25, 0.3) is 0 Å². The summed E-state index contributed by atoms with van der Waals surface area (Å²) >= 11 is 0. The Morgan fingerprint density at radius 2 is 2.24 bits per heavy atom. The van der Waals surface area contributed by atoms with Crippen molar-refractivity contribution >= 4 is 5.97 Å². The summed E-state index contributed by atoms with van der Waals surface area (Å²) in [5.74, 6) is -0.0435. The summed E-state index contributed by atoms with van der Waals surface area (Å²) in [6.45, 7) is 7.54. The summed E-state index contributed by atoms with van der Waals surface area (Å²) in [6, 6.07) is 0. The van der Waals surface area contributed by atoms with E-state index in [0.717, 1.165) is 25.9 Å². The Labute approximate surface area is 104 Å². The zero-order chi connectivity index (χ0) is 12.9. The number of esters is 1. The van der Waals surface area contributed by atoms with Crippen LogP contribution in [0, 0.1) is 11.8 Å². The van der Waals surface area contributed by atoms with Crippen molar-refractivity contribution in [2.75, 3.05) is 19.7 Å². The minimum atomic E-state index is -0.452. The highest BCUT2D eigenvalue weighted by atomic mass is 16.6. The molecule has 0 aromatic rings. The molecule has 0 bridgehead atoms. The second-order valence-corrected chi connectivity index (χ2v) is 5.76. The highest BCUT2D eigenvalue weighted by molar-refractivity contribution is 5.73. The number of hydrogen-bond donors (Lipinski definition) is 2. The number of carbonyl (C=O) groups excluding carboxylic acids is 1. The first-order chi connectivity index (χ1) is 7.94. The van der Waals surface area contributed by atoms with Crippen molar-refractivity contribution in [2.45, 2.75) is 45.6 Å². The van der Waals surface area contributed by atoms with Gasteiger partial charge in [0.2, 0.25) is 0 Å². The van der Waals surface area contributed by atoms with Crippen molar-refractivity contribution in [1.82, 2.24) is 5.32 Å². The maximum Gasteiger partial charge on any atom is 0.309 e. The van der Waals surface area contributed by atoms with Crippen LogP contribution in [0.15, 0.2) is 0 Å². The molecule has 0 radical (unpaired) electrons. The molecule has 2 unspecified atom stereocenters. The standard InChI is InChI=1S/C13H25NO3/c1-13(2,3)17-12(16)11(6-8-15)10-5-4-7-14-9-10/h10-11,14-15H,4-9H2,1-3H3. The van der Waals surface area contributed by atoms with E-state index >= 15 is 0 Å². The van der Waals surface area contributed by atoms with Crippen LogP contribution in [0.5, 0.6) is 0 Å². The number of aliphatic hydroxyl groups is 1. The van der Waals surface area contributed by atoms with Crippen molar-refractivity contribution < 1.29 is 14.6 Å². The van der Waals surface area contributed by atoms with Gasteiger partial charge >= 0.3 is 5.97 Å². The van der Waals surface area contributed by atoms with Gasteiger partial charge in [-0.15, -0.1) is 0 Å². The van der Waals surface area contributed by atoms with Gasteiger partial charge in [0, 0.05) is 6.61 Å². The highest BCUT2D eigenvalue weighted by Crippen LogP contribution is 2.25. The maximum absolute atomic E-state index is 12.1. The van der Waals surface area contributed by atoms with E-state index in [1.165, 1.54) is 0 Å². The molecule has 2 N–H and O–H groups in total. The summed E-state index contributed by atoms with van der Waals surface area (Å²) in [7, 11) is 0. The van der Waals surface area contributed by atoms with E-state index in [1.807, 2.05) is 20.8 Å². The van der Waals surface area contributed by atoms with Crippen molar-refractivity contribution in [3.8, 4) is 0 Å². The molecule has 4 heteroatoms. The van der Waals surface area contributed by atoms with Gasteiger partial charge in [0.1, 0.15) is 5.60 Å². The Kier molecular flexibility index (Phi) is 5.40. The third-order valence-electron chi connectivity index (χ3n) is 3.05. The molecule has 1 heterocycles. The van der Waals surface area contributed by atoms with Gasteiger partial charge < -0.3 is 15.2 Å². The Balaban J connectivity index is 2.60. The monoisotopic (exact) mass is 243 g/mol. The molecule has 1 fully saturated rings. The maximum atomic E-state index is 12.1. The first-order valence-corrected chi connectivity index (χ1v) is 6.48. The lowest BCUT2D eigenvalue weighted by atomic mass is 9.84. The molecule has 17 heavy (non-hydrogen) atoms. The molecule has 0 saturated carbocycles. The average Bonchev–Trinajstić information content (AvgIpc) is 2.24. The highest BCUT2D eigenvalue weighted by Gasteiger charge is 2.32. The number of carbonyl (C=O) groups is 1. The van der Waals surface area contributed by atoms with Gasteiger partial charge in [0.05, 0.1) is 5.92 Å². The van der Waals surface area contributed by atoms with Crippen LogP contribution in [0.3, 0.4) is 0 Å². The van der Waals surface area contributed by atoms with Gasteiger partial charge in [-0.25, -0.2) is 0 Å². The Morgan fingerprint density at radius 1 is 1.53 bits per heavy atom. The Hall–Kier alpha value is -0.610. The first-order valence-electron chi connectivity index (χ1n) is 6.48.